The standard InChI is InChI=1S/C19H24N2O6S/c1-27-16-6-3-14(4-7-16)9-11-21-28(25,26)18-13-15(19(23)24)5-8-17(18)20-10-2-12-22/h3-8,13,20-22H,2,9-12H2,1H3,(H,23,24). The molecule has 28 heavy (non-hydrogen) atoms. The fourth-order valence-corrected chi connectivity index (χ4v) is 3.76. The molecule has 9 heteroatoms. The second-order valence-corrected chi connectivity index (χ2v) is 7.75. The first-order chi connectivity index (χ1) is 13.4. The molecule has 2 rings (SSSR count). The van der Waals surface area contributed by atoms with Gasteiger partial charge in [-0.1, -0.05) is 12.1 Å². The molecule has 0 bridgehead atoms. The molecule has 2 aromatic carbocycles. The first kappa shape index (κ1) is 21.7. The number of aliphatic hydroxyl groups excluding tert-OH is 1. The van der Waals surface area contributed by atoms with Crippen molar-refractivity contribution in [2.75, 3.05) is 32.1 Å². The predicted molar refractivity (Wildman–Crippen MR) is 105 cm³/mol. The summed E-state index contributed by atoms with van der Waals surface area (Å²) >= 11 is 0. The van der Waals surface area contributed by atoms with Crippen molar-refractivity contribution in [1.82, 2.24) is 4.72 Å². The van der Waals surface area contributed by atoms with Crippen LogP contribution in [0.5, 0.6) is 5.75 Å². The van der Waals surface area contributed by atoms with Crippen LogP contribution in [0.15, 0.2) is 47.4 Å². The van der Waals surface area contributed by atoms with Crippen LogP contribution >= 0.6 is 0 Å². The Labute approximate surface area is 164 Å². The molecule has 0 aromatic heterocycles. The molecule has 0 unspecified atom stereocenters. The minimum absolute atomic E-state index is 0.0393. The Hall–Kier alpha value is -2.62. The number of anilines is 1. The average molecular weight is 408 g/mol. The van der Waals surface area contributed by atoms with E-state index in [0.29, 0.717) is 25.1 Å². The molecule has 152 valence electrons. The van der Waals surface area contributed by atoms with Gasteiger partial charge in [0.2, 0.25) is 10.0 Å². The first-order valence-electron chi connectivity index (χ1n) is 8.72. The highest BCUT2D eigenvalue weighted by Gasteiger charge is 2.20. The van der Waals surface area contributed by atoms with Gasteiger partial charge in [0, 0.05) is 19.7 Å². The molecule has 0 atom stereocenters. The monoisotopic (exact) mass is 408 g/mol. The predicted octanol–water partition coefficient (Wildman–Crippen LogP) is 1.71. The number of carboxylic acid groups (broad SMARTS) is 1. The van der Waals surface area contributed by atoms with Gasteiger partial charge >= 0.3 is 5.97 Å². The van der Waals surface area contributed by atoms with E-state index in [2.05, 4.69) is 10.0 Å². The van der Waals surface area contributed by atoms with E-state index in [0.717, 1.165) is 11.6 Å². The van der Waals surface area contributed by atoms with Gasteiger partial charge in [0.15, 0.2) is 0 Å². The number of carboxylic acids is 1. The van der Waals surface area contributed by atoms with E-state index in [1.165, 1.54) is 12.1 Å². The summed E-state index contributed by atoms with van der Waals surface area (Å²) in [4.78, 5) is 11.1. The van der Waals surface area contributed by atoms with Crippen LogP contribution in [0.25, 0.3) is 0 Å². The highest BCUT2D eigenvalue weighted by Crippen LogP contribution is 2.23. The summed E-state index contributed by atoms with van der Waals surface area (Å²) < 4.78 is 33.1. The van der Waals surface area contributed by atoms with Crippen LogP contribution in [0, 0.1) is 0 Å². The average Bonchev–Trinajstić information content (AvgIpc) is 2.68. The lowest BCUT2D eigenvalue weighted by atomic mass is 10.1. The molecular weight excluding hydrogens is 384 g/mol. The van der Waals surface area contributed by atoms with Gasteiger partial charge in [0.25, 0.3) is 0 Å². The van der Waals surface area contributed by atoms with Gasteiger partial charge in [0.05, 0.1) is 18.4 Å². The van der Waals surface area contributed by atoms with Gasteiger partial charge in [-0.2, -0.15) is 0 Å². The SMILES string of the molecule is COc1ccc(CCNS(=O)(=O)c2cc(C(=O)O)ccc2NCCCO)cc1. The number of rotatable bonds is 11. The van der Waals surface area contributed by atoms with E-state index in [4.69, 9.17) is 14.9 Å². The van der Waals surface area contributed by atoms with Crippen molar-refractivity contribution < 1.29 is 28.2 Å². The second kappa shape index (κ2) is 10.1. The molecule has 0 saturated carbocycles. The third-order valence-corrected chi connectivity index (χ3v) is 5.53. The van der Waals surface area contributed by atoms with Crippen LogP contribution in [-0.2, 0) is 16.4 Å². The molecule has 2 aromatic rings. The number of sulfonamides is 1. The normalized spacial score (nSPS) is 11.2. The van der Waals surface area contributed by atoms with Gasteiger partial charge < -0.3 is 20.3 Å². The van der Waals surface area contributed by atoms with E-state index in [-0.39, 0.29) is 29.3 Å². The maximum Gasteiger partial charge on any atom is 0.335 e. The fourth-order valence-electron chi connectivity index (χ4n) is 2.53. The van der Waals surface area contributed by atoms with Crippen LogP contribution < -0.4 is 14.8 Å². The summed E-state index contributed by atoms with van der Waals surface area (Å²) in [5.74, 6) is -0.495. The van der Waals surface area contributed by atoms with Crippen molar-refractivity contribution in [3.8, 4) is 5.75 Å². The minimum Gasteiger partial charge on any atom is -0.497 e. The molecule has 0 fully saturated rings. The zero-order valence-corrected chi connectivity index (χ0v) is 16.3. The Kier molecular flexibility index (Phi) is 7.80. The number of ether oxygens (including phenoxy) is 1. The second-order valence-electron chi connectivity index (χ2n) is 6.02. The first-order valence-corrected chi connectivity index (χ1v) is 10.2. The highest BCUT2D eigenvalue weighted by atomic mass is 32.2. The summed E-state index contributed by atoms with van der Waals surface area (Å²) in [5.41, 5.74) is 1.10. The summed E-state index contributed by atoms with van der Waals surface area (Å²) in [7, 11) is -2.36. The number of hydrogen-bond acceptors (Lipinski definition) is 6. The zero-order valence-electron chi connectivity index (χ0n) is 15.5. The lowest BCUT2D eigenvalue weighted by molar-refractivity contribution is 0.0696. The number of methoxy groups -OCH3 is 1. The molecule has 4 N–H and O–H groups in total. The Morgan fingerprint density at radius 3 is 2.43 bits per heavy atom. The summed E-state index contributed by atoms with van der Waals surface area (Å²) in [6.07, 6.45) is 0.903. The number of aromatic carboxylic acids is 1. The molecule has 0 radical (unpaired) electrons. The number of aliphatic hydroxyl groups is 1. The molecule has 0 spiro atoms. The van der Waals surface area contributed by atoms with E-state index in [9.17, 15) is 13.2 Å². The van der Waals surface area contributed by atoms with Crippen LogP contribution in [0.4, 0.5) is 5.69 Å². The van der Waals surface area contributed by atoms with Gasteiger partial charge in [0.1, 0.15) is 10.6 Å². The van der Waals surface area contributed by atoms with Gasteiger partial charge in [-0.15, -0.1) is 0 Å². The summed E-state index contributed by atoms with van der Waals surface area (Å²) in [5, 5.41) is 21.0. The molecule has 0 heterocycles. The lowest BCUT2D eigenvalue weighted by Crippen LogP contribution is -2.27. The third-order valence-electron chi connectivity index (χ3n) is 4.03. The van der Waals surface area contributed by atoms with Crippen molar-refractivity contribution in [1.29, 1.82) is 0 Å². The van der Waals surface area contributed by atoms with E-state index in [1.54, 1.807) is 19.2 Å². The Morgan fingerprint density at radius 2 is 1.82 bits per heavy atom. The topological polar surface area (TPSA) is 125 Å². The third kappa shape index (κ3) is 5.95. The Bertz CT molecular complexity index is 897. The van der Waals surface area contributed by atoms with Crippen LogP contribution in [-0.4, -0.2) is 51.4 Å². The highest BCUT2D eigenvalue weighted by molar-refractivity contribution is 7.89. The van der Waals surface area contributed by atoms with Crippen molar-refractivity contribution in [3.05, 3.63) is 53.6 Å². The maximum atomic E-state index is 12.7. The minimum atomic E-state index is -3.93. The van der Waals surface area contributed by atoms with Gasteiger partial charge in [-0.25, -0.2) is 17.9 Å². The molecule has 0 amide bonds. The number of carbonyl (C=O) groups is 1. The van der Waals surface area contributed by atoms with Crippen molar-refractivity contribution in [3.63, 3.8) is 0 Å². The van der Waals surface area contributed by atoms with Crippen molar-refractivity contribution in [2.24, 2.45) is 0 Å². The molecule has 0 aliphatic rings. The number of benzene rings is 2. The van der Waals surface area contributed by atoms with Crippen LogP contribution in [0.1, 0.15) is 22.3 Å². The van der Waals surface area contributed by atoms with Crippen molar-refractivity contribution >= 4 is 21.7 Å². The Morgan fingerprint density at radius 1 is 1.11 bits per heavy atom. The van der Waals surface area contributed by atoms with Crippen LogP contribution in [0.3, 0.4) is 0 Å². The van der Waals surface area contributed by atoms with Crippen molar-refractivity contribution in [2.45, 2.75) is 17.7 Å². The summed E-state index contributed by atoms with van der Waals surface area (Å²) in [6, 6.07) is 11.2. The summed E-state index contributed by atoms with van der Waals surface area (Å²) in [6.45, 7) is 0.474. The molecule has 0 saturated heterocycles. The molecule has 0 aliphatic heterocycles. The molecule has 0 aliphatic carbocycles. The van der Waals surface area contributed by atoms with E-state index < -0.39 is 16.0 Å². The Balaban J connectivity index is 2.14. The maximum absolute atomic E-state index is 12.7. The smallest absolute Gasteiger partial charge is 0.335 e. The molecule has 8 nitrogen and oxygen atoms in total. The zero-order chi connectivity index (χ0) is 20.6. The van der Waals surface area contributed by atoms with E-state index in [1.807, 2.05) is 12.1 Å². The number of nitrogens with one attached hydrogen (secondary N) is 2. The van der Waals surface area contributed by atoms with Gasteiger partial charge in [-0.05, 0) is 48.7 Å². The fraction of sp³-hybridized carbons (Fsp3) is 0.316. The quantitative estimate of drug-likeness (QED) is 0.417. The van der Waals surface area contributed by atoms with E-state index >= 15 is 0 Å². The molecular formula is C19H24N2O6S. The van der Waals surface area contributed by atoms with Crippen LogP contribution in [0.2, 0.25) is 0 Å². The largest absolute Gasteiger partial charge is 0.497 e. The number of hydrogen-bond donors (Lipinski definition) is 4. The lowest BCUT2D eigenvalue weighted by Gasteiger charge is -2.14. The van der Waals surface area contributed by atoms with Gasteiger partial charge in [-0.3, -0.25) is 0 Å².